The lowest BCUT2D eigenvalue weighted by Crippen LogP contribution is -2.37. The predicted molar refractivity (Wildman–Crippen MR) is 52.1 cm³/mol. The van der Waals surface area contributed by atoms with Gasteiger partial charge in [-0.05, 0) is 44.1 Å². The molecule has 1 nitrogen and oxygen atoms in total. The highest BCUT2D eigenvalue weighted by Gasteiger charge is 2.23. The molecule has 2 rings (SSSR count). The highest BCUT2D eigenvalue weighted by Crippen LogP contribution is 2.34. The maximum atomic E-state index is 3.65. The molecule has 0 amide bonds. The predicted octanol–water partition coefficient (Wildman–Crippen LogP) is 2.56. The molecule has 0 bridgehead atoms. The fourth-order valence-electron chi connectivity index (χ4n) is 2.15. The molecule has 0 aromatic heterocycles. The third kappa shape index (κ3) is 2.48. The molecule has 0 radical (unpaired) electrons. The van der Waals surface area contributed by atoms with Crippen LogP contribution < -0.4 is 5.32 Å². The Hall–Kier alpha value is -0.0400. The minimum atomic E-state index is 0.863. The van der Waals surface area contributed by atoms with Crippen LogP contribution in [0.3, 0.4) is 0 Å². The van der Waals surface area contributed by atoms with Gasteiger partial charge in [0.25, 0.3) is 0 Å². The molecule has 0 aromatic rings. The van der Waals surface area contributed by atoms with Crippen molar-refractivity contribution in [3.63, 3.8) is 0 Å². The van der Waals surface area contributed by atoms with Crippen LogP contribution in [-0.2, 0) is 0 Å². The van der Waals surface area contributed by atoms with Crippen molar-refractivity contribution in [2.45, 2.75) is 51.5 Å². The lowest BCUT2D eigenvalue weighted by atomic mass is 9.93. The molecule has 1 saturated heterocycles. The summed E-state index contributed by atoms with van der Waals surface area (Å²) in [5.74, 6) is 2.04. The number of nitrogens with one attached hydrogen (secondary N) is 1. The minimum Gasteiger partial charge on any atom is -0.314 e. The summed E-state index contributed by atoms with van der Waals surface area (Å²) in [6.45, 7) is 3.61. The van der Waals surface area contributed by atoms with Crippen LogP contribution in [0.25, 0.3) is 0 Å². The maximum Gasteiger partial charge on any atom is 0.00673 e. The second kappa shape index (κ2) is 3.78. The van der Waals surface area contributed by atoms with E-state index in [9.17, 15) is 0 Å². The van der Waals surface area contributed by atoms with E-state index in [2.05, 4.69) is 12.2 Å². The van der Waals surface area contributed by atoms with Crippen molar-refractivity contribution >= 4 is 0 Å². The van der Waals surface area contributed by atoms with Crippen LogP contribution in [0.2, 0.25) is 0 Å². The van der Waals surface area contributed by atoms with Gasteiger partial charge in [-0.15, -0.1) is 0 Å². The fraction of sp³-hybridized carbons (Fsp3) is 1.00. The summed E-state index contributed by atoms with van der Waals surface area (Å²) < 4.78 is 0. The summed E-state index contributed by atoms with van der Waals surface area (Å²) in [6.07, 6.45) is 8.84. The van der Waals surface area contributed by atoms with Crippen LogP contribution in [0, 0.1) is 11.8 Å². The first-order chi connectivity index (χ1) is 5.84. The molecule has 1 aliphatic heterocycles. The minimum absolute atomic E-state index is 0.863. The van der Waals surface area contributed by atoms with Gasteiger partial charge in [-0.2, -0.15) is 0 Å². The van der Waals surface area contributed by atoms with Gasteiger partial charge in [0.1, 0.15) is 0 Å². The zero-order valence-corrected chi connectivity index (χ0v) is 8.18. The van der Waals surface area contributed by atoms with Crippen molar-refractivity contribution in [1.29, 1.82) is 0 Å². The smallest absolute Gasteiger partial charge is 0.00673 e. The molecule has 70 valence electrons. The van der Waals surface area contributed by atoms with E-state index in [1.165, 1.54) is 45.1 Å². The summed E-state index contributed by atoms with van der Waals surface area (Å²) in [6, 6.07) is 0.863. The van der Waals surface area contributed by atoms with Crippen LogP contribution in [0.15, 0.2) is 0 Å². The SMILES string of the molecule is CC1CCC(CCC2CC2)NC1. The zero-order chi connectivity index (χ0) is 8.39. The van der Waals surface area contributed by atoms with Crippen molar-refractivity contribution < 1.29 is 0 Å². The lowest BCUT2D eigenvalue weighted by molar-refractivity contribution is 0.308. The summed E-state index contributed by atoms with van der Waals surface area (Å²) >= 11 is 0. The molecule has 1 aliphatic carbocycles. The van der Waals surface area contributed by atoms with Crippen LogP contribution in [0.5, 0.6) is 0 Å². The molecule has 1 heteroatoms. The lowest BCUT2D eigenvalue weighted by Gasteiger charge is -2.27. The van der Waals surface area contributed by atoms with Gasteiger partial charge in [0, 0.05) is 6.04 Å². The summed E-state index contributed by atoms with van der Waals surface area (Å²) in [4.78, 5) is 0. The topological polar surface area (TPSA) is 12.0 Å². The summed E-state index contributed by atoms with van der Waals surface area (Å²) in [7, 11) is 0. The van der Waals surface area contributed by atoms with Gasteiger partial charge >= 0.3 is 0 Å². The normalized spacial score (nSPS) is 36.8. The molecular weight excluding hydrogens is 146 g/mol. The molecule has 12 heavy (non-hydrogen) atoms. The van der Waals surface area contributed by atoms with Crippen LogP contribution in [0.4, 0.5) is 0 Å². The first kappa shape index (κ1) is 8.55. The van der Waals surface area contributed by atoms with E-state index in [1.54, 1.807) is 0 Å². The molecule has 1 saturated carbocycles. The second-order valence-electron chi connectivity index (χ2n) is 4.81. The van der Waals surface area contributed by atoms with Gasteiger partial charge < -0.3 is 5.32 Å². The molecule has 0 aromatic carbocycles. The van der Waals surface area contributed by atoms with Gasteiger partial charge in [0.2, 0.25) is 0 Å². The van der Waals surface area contributed by atoms with Crippen LogP contribution in [0.1, 0.15) is 45.4 Å². The Bertz CT molecular complexity index is 132. The number of hydrogen-bond donors (Lipinski definition) is 1. The van der Waals surface area contributed by atoms with E-state index in [0.29, 0.717) is 0 Å². The van der Waals surface area contributed by atoms with Gasteiger partial charge in [-0.1, -0.05) is 19.8 Å². The highest BCUT2D eigenvalue weighted by atomic mass is 14.9. The average molecular weight is 167 g/mol. The van der Waals surface area contributed by atoms with E-state index in [4.69, 9.17) is 0 Å². The molecular formula is C11H21N. The van der Waals surface area contributed by atoms with E-state index >= 15 is 0 Å². The molecule has 2 unspecified atom stereocenters. The Labute approximate surface area is 75.9 Å². The standard InChI is InChI=1S/C11H21N/c1-9-2-6-11(12-8-9)7-5-10-3-4-10/h9-12H,2-8H2,1H3. The molecule has 1 N–H and O–H groups in total. The zero-order valence-electron chi connectivity index (χ0n) is 8.18. The van der Waals surface area contributed by atoms with Gasteiger partial charge in [0.05, 0.1) is 0 Å². The highest BCUT2D eigenvalue weighted by molar-refractivity contribution is 4.80. The Morgan fingerprint density at radius 1 is 1.08 bits per heavy atom. The molecule has 2 fully saturated rings. The molecule has 2 atom stereocenters. The average Bonchev–Trinajstić information content (AvgIpc) is 2.87. The van der Waals surface area contributed by atoms with Crippen molar-refractivity contribution in [3.05, 3.63) is 0 Å². The third-order valence-electron chi connectivity index (χ3n) is 3.38. The molecule has 2 aliphatic rings. The maximum absolute atomic E-state index is 3.65. The Balaban J connectivity index is 1.60. The van der Waals surface area contributed by atoms with Crippen molar-refractivity contribution in [3.8, 4) is 0 Å². The van der Waals surface area contributed by atoms with E-state index < -0.39 is 0 Å². The van der Waals surface area contributed by atoms with Crippen molar-refractivity contribution in [1.82, 2.24) is 5.32 Å². The van der Waals surface area contributed by atoms with Crippen LogP contribution >= 0.6 is 0 Å². The first-order valence-corrected chi connectivity index (χ1v) is 5.58. The Kier molecular flexibility index (Phi) is 2.69. The summed E-state index contributed by atoms with van der Waals surface area (Å²) in [5, 5.41) is 3.65. The van der Waals surface area contributed by atoms with Crippen LogP contribution in [-0.4, -0.2) is 12.6 Å². The molecule has 1 heterocycles. The van der Waals surface area contributed by atoms with E-state index in [1.807, 2.05) is 0 Å². The number of rotatable bonds is 3. The van der Waals surface area contributed by atoms with Crippen molar-refractivity contribution in [2.75, 3.05) is 6.54 Å². The summed E-state index contributed by atoms with van der Waals surface area (Å²) in [5.41, 5.74) is 0. The third-order valence-corrected chi connectivity index (χ3v) is 3.38. The van der Waals surface area contributed by atoms with E-state index in [0.717, 1.165) is 17.9 Å². The number of piperidine rings is 1. The van der Waals surface area contributed by atoms with Crippen molar-refractivity contribution in [2.24, 2.45) is 11.8 Å². The fourth-order valence-corrected chi connectivity index (χ4v) is 2.15. The largest absolute Gasteiger partial charge is 0.314 e. The number of hydrogen-bond acceptors (Lipinski definition) is 1. The monoisotopic (exact) mass is 167 g/mol. The van der Waals surface area contributed by atoms with Gasteiger partial charge in [-0.25, -0.2) is 0 Å². The van der Waals surface area contributed by atoms with Gasteiger partial charge in [-0.3, -0.25) is 0 Å². The molecule has 0 spiro atoms. The quantitative estimate of drug-likeness (QED) is 0.681. The Morgan fingerprint density at radius 2 is 1.92 bits per heavy atom. The van der Waals surface area contributed by atoms with Gasteiger partial charge in [0.15, 0.2) is 0 Å². The first-order valence-electron chi connectivity index (χ1n) is 5.58. The second-order valence-corrected chi connectivity index (χ2v) is 4.81. The van der Waals surface area contributed by atoms with E-state index in [-0.39, 0.29) is 0 Å². The Morgan fingerprint density at radius 3 is 2.50 bits per heavy atom.